The molecule has 0 radical (unpaired) electrons. The van der Waals surface area contributed by atoms with E-state index in [0.717, 1.165) is 38.8 Å². The molecule has 0 unspecified atom stereocenters. The van der Waals surface area contributed by atoms with Crippen molar-refractivity contribution in [3.05, 3.63) is 35.9 Å². The number of hydrogen-bond donors (Lipinski definition) is 2. The van der Waals surface area contributed by atoms with Crippen LogP contribution in [-0.4, -0.2) is 24.2 Å². The van der Waals surface area contributed by atoms with Crippen LogP contribution in [0.15, 0.2) is 30.3 Å². The number of hydrogen-bond acceptors (Lipinski definition) is 2. The lowest BCUT2D eigenvalue weighted by molar-refractivity contribution is -0.140. The first-order valence-electron chi connectivity index (χ1n) is 8.06. The zero-order chi connectivity index (χ0) is 15.1. The maximum absolute atomic E-state index is 11.2. The maximum atomic E-state index is 11.2. The number of rotatable bonds is 7. The average molecular weight is 289 g/mol. The monoisotopic (exact) mass is 289 g/mol. The average Bonchev–Trinajstić information content (AvgIpc) is 2.44. The fourth-order valence-electron chi connectivity index (χ4n) is 3.70. The summed E-state index contributed by atoms with van der Waals surface area (Å²) in [5, 5.41) is 12.7. The molecule has 0 heterocycles. The number of carboxylic acid groups (broad SMARTS) is 1. The van der Waals surface area contributed by atoms with E-state index < -0.39 is 5.97 Å². The van der Waals surface area contributed by atoms with Crippen LogP contribution in [0.3, 0.4) is 0 Å². The quantitative estimate of drug-likeness (QED) is 0.755. The molecule has 2 N–H and O–H groups in total. The molecule has 1 aromatic rings. The van der Waals surface area contributed by atoms with Crippen molar-refractivity contribution in [3.8, 4) is 0 Å². The van der Waals surface area contributed by atoms with Gasteiger partial charge in [0.1, 0.15) is 0 Å². The molecule has 0 saturated heterocycles. The van der Waals surface area contributed by atoms with Gasteiger partial charge < -0.3 is 10.4 Å². The Balaban J connectivity index is 1.83. The van der Waals surface area contributed by atoms with Crippen LogP contribution in [0.25, 0.3) is 0 Å². The molecule has 2 rings (SSSR count). The number of carboxylic acids is 1. The molecule has 2 atom stereocenters. The Hall–Kier alpha value is -1.35. The summed E-state index contributed by atoms with van der Waals surface area (Å²) in [5.41, 5.74) is 1.29. The molecular weight excluding hydrogens is 262 g/mol. The molecule has 1 saturated carbocycles. The van der Waals surface area contributed by atoms with Crippen LogP contribution in [0.1, 0.15) is 44.6 Å². The van der Waals surface area contributed by atoms with E-state index in [1.807, 2.05) is 6.07 Å². The molecule has 0 spiro atoms. The standard InChI is InChI=1S/C18H27NO2/c1-15-6-5-10-18(12-15,13-17(20)21)14-19-11-9-16-7-3-2-4-8-16/h2-4,7-8,15,19H,5-6,9-14H2,1H3,(H,20,21)/t15-,18-/m1/s1. The first-order chi connectivity index (χ1) is 10.1. The highest BCUT2D eigenvalue weighted by atomic mass is 16.4. The summed E-state index contributed by atoms with van der Waals surface area (Å²) < 4.78 is 0. The number of carbonyl (C=O) groups is 1. The molecule has 21 heavy (non-hydrogen) atoms. The molecule has 1 aliphatic carbocycles. The Kier molecular flexibility index (Phi) is 5.80. The highest BCUT2D eigenvalue weighted by Crippen LogP contribution is 2.41. The third kappa shape index (κ3) is 5.16. The Morgan fingerprint density at radius 2 is 2.14 bits per heavy atom. The Labute approximate surface area is 127 Å². The van der Waals surface area contributed by atoms with Crippen LogP contribution < -0.4 is 5.32 Å². The molecule has 3 heteroatoms. The van der Waals surface area contributed by atoms with E-state index in [2.05, 4.69) is 36.5 Å². The van der Waals surface area contributed by atoms with Crippen molar-refractivity contribution < 1.29 is 9.90 Å². The minimum atomic E-state index is -0.658. The van der Waals surface area contributed by atoms with Crippen molar-refractivity contribution in [3.63, 3.8) is 0 Å². The SMILES string of the molecule is C[C@@H]1CCC[C@](CNCCc2ccccc2)(CC(=O)O)C1. The zero-order valence-corrected chi connectivity index (χ0v) is 13.0. The van der Waals surface area contributed by atoms with Crippen molar-refractivity contribution in [2.75, 3.05) is 13.1 Å². The predicted molar refractivity (Wildman–Crippen MR) is 85.3 cm³/mol. The van der Waals surface area contributed by atoms with E-state index in [-0.39, 0.29) is 5.41 Å². The van der Waals surface area contributed by atoms with Crippen LogP contribution in [-0.2, 0) is 11.2 Å². The number of aliphatic carboxylic acids is 1. The molecule has 1 aromatic carbocycles. The van der Waals surface area contributed by atoms with Gasteiger partial charge in [0.15, 0.2) is 0 Å². The zero-order valence-electron chi connectivity index (χ0n) is 13.0. The van der Waals surface area contributed by atoms with E-state index >= 15 is 0 Å². The second-order valence-electron chi connectivity index (χ2n) is 6.68. The molecule has 0 aliphatic heterocycles. The van der Waals surface area contributed by atoms with Crippen molar-refractivity contribution in [1.29, 1.82) is 0 Å². The van der Waals surface area contributed by atoms with Gasteiger partial charge in [-0.2, -0.15) is 0 Å². The van der Waals surface area contributed by atoms with Crippen LogP contribution in [0.5, 0.6) is 0 Å². The molecule has 1 fully saturated rings. The fraction of sp³-hybridized carbons (Fsp3) is 0.611. The smallest absolute Gasteiger partial charge is 0.303 e. The van der Waals surface area contributed by atoms with E-state index in [4.69, 9.17) is 0 Å². The predicted octanol–water partition coefficient (Wildman–Crippen LogP) is 3.49. The molecule has 1 aliphatic rings. The van der Waals surface area contributed by atoms with Crippen molar-refractivity contribution in [2.45, 2.75) is 45.4 Å². The van der Waals surface area contributed by atoms with Gasteiger partial charge in [0.25, 0.3) is 0 Å². The first kappa shape index (κ1) is 16.0. The Morgan fingerprint density at radius 1 is 1.38 bits per heavy atom. The van der Waals surface area contributed by atoms with E-state index in [9.17, 15) is 9.90 Å². The summed E-state index contributed by atoms with van der Waals surface area (Å²) in [7, 11) is 0. The summed E-state index contributed by atoms with van der Waals surface area (Å²) >= 11 is 0. The van der Waals surface area contributed by atoms with Crippen LogP contribution in [0.4, 0.5) is 0 Å². The van der Waals surface area contributed by atoms with Crippen LogP contribution in [0.2, 0.25) is 0 Å². The third-order valence-corrected chi connectivity index (χ3v) is 4.65. The lowest BCUT2D eigenvalue weighted by Crippen LogP contribution is -2.40. The van der Waals surface area contributed by atoms with Gasteiger partial charge >= 0.3 is 5.97 Å². The summed E-state index contributed by atoms with van der Waals surface area (Å²) in [6, 6.07) is 10.4. The van der Waals surface area contributed by atoms with E-state index in [1.165, 1.54) is 12.0 Å². The van der Waals surface area contributed by atoms with Crippen molar-refractivity contribution in [1.82, 2.24) is 5.32 Å². The normalized spacial score (nSPS) is 25.7. The molecule has 0 amide bonds. The molecular formula is C18H27NO2. The largest absolute Gasteiger partial charge is 0.481 e. The molecule has 3 nitrogen and oxygen atoms in total. The lowest BCUT2D eigenvalue weighted by Gasteiger charge is -2.39. The second-order valence-corrected chi connectivity index (χ2v) is 6.68. The maximum Gasteiger partial charge on any atom is 0.303 e. The fourth-order valence-corrected chi connectivity index (χ4v) is 3.70. The second kappa shape index (κ2) is 7.60. The molecule has 0 aromatic heterocycles. The van der Waals surface area contributed by atoms with Gasteiger partial charge in [0.05, 0.1) is 6.42 Å². The van der Waals surface area contributed by atoms with Crippen molar-refractivity contribution >= 4 is 5.97 Å². The number of nitrogens with one attached hydrogen (secondary N) is 1. The minimum absolute atomic E-state index is 0.0415. The number of benzene rings is 1. The first-order valence-corrected chi connectivity index (χ1v) is 8.06. The van der Waals surface area contributed by atoms with Gasteiger partial charge in [-0.15, -0.1) is 0 Å². The molecule has 116 valence electrons. The van der Waals surface area contributed by atoms with Gasteiger partial charge in [-0.3, -0.25) is 4.79 Å². The van der Waals surface area contributed by atoms with Gasteiger partial charge in [0, 0.05) is 6.54 Å². The van der Waals surface area contributed by atoms with Crippen LogP contribution in [0, 0.1) is 11.3 Å². The summed E-state index contributed by atoms with van der Waals surface area (Å²) in [6.07, 6.45) is 5.79. The Bertz CT molecular complexity index is 446. The van der Waals surface area contributed by atoms with Crippen molar-refractivity contribution in [2.24, 2.45) is 11.3 Å². The minimum Gasteiger partial charge on any atom is -0.481 e. The van der Waals surface area contributed by atoms with E-state index in [0.29, 0.717) is 12.3 Å². The Morgan fingerprint density at radius 3 is 2.81 bits per heavy atom. The highest BCUT2D eigenvalue weighted by molar-refractivity contribution is 5.67. The topological polar surface area (TPSA) is 49.3 Å². The van der Waals surface area contributed by atoms with Gasteiger partial charge in [-0.1, -0.05) is 50.1 Å². The van der Waals surface area contributed by atoms with Gasteiger partial charge in [-0.05, 0) is 42.7 Å². The van der Waals surface area contributed by atoms with E-state index in [1.54, 1.807) is 0 Å². The van der Waals surface area contributed by atoms with Crippen LogP contribution >= 0.6 is 0 Å². The summed E-state index contributed by atoms with van der Waals surface area (Å²) in [4.78, 5) is 11.2. The third-order valence-electron chi connectivity index (χ3n) is 4.65. The summed E-state index contributed by atoms with van der Waals surface area (Å²) in [5.74, 6) is -0.0111. The van der Waals surface area contributed by atoms with Gasteiger partial charge in [-0.25, -0.2) is 0 Å². The summed E-state index contributed by atoms with van der Waals surface area (Å²) in [6.45, 7) is 4.00. The molecule has 0 bridgehead atoms. The highest BCUT2D eigenvalue weighted by Gasteiger charge is 2.36. The lowest BCUT2D eigenvalue weighted by atomic mass is 9.68. The van der Waals surface area contributed by atoms with Gasteiger partial charge in [0.2, 0.25) is 0 Å².